The highest BCUT2D eigenvalue weighted by Gasteiger charge is 2.35. The Morgan fingerprint density at radius 1 is 1.23 bits per heavy atom. The van der Waals surface area contributed by atoms with E-state index in [1.165, 1.54) is 24.3 Å². The summed E-state index contributed by atoms with van der Waals surface area (Å²) in [6.07, 6.45) is 1.66. The number of hydrogen-bond acceptors (Lipinski definition) is 6. The quantitative estimate of drug-likeness (QED) is 0.699. The van der Waals surface area contributed by atoms with Gasteiger partial charge in [-0.1, -0.05) is 11.2 Å². The Bertz CT molecular complexity index is 892. The largest absolute Gasteiger partial charge is 0.484 e. The van der Waals surface area contributed by atoms with Crippen molar-refractivity contribution in [2.75, 3.05) is 19.7 Å². The first kappa shape index (κ1) is 16.2. The van der Waals surface area contributed by atoms with E-state index in [9.17, 15) is 9.18 Å². The summed E-state index contributed by atoms with van der Waals surface area (Å²) < 4.78 is 23.5. The fourth-order valence-corrected chi connectivity index (χ4v) is 2.61. The number of pyridine rings is 1. The molecule has 0 unspecified atom stereocenters. The van der Waals surface area contributed by atoms with Crippen molar-refractivity contribution in [1.29, 1.82) is 0 Å². The van der Waals surface area contributed by atoms with Gasteiger partial charge in [-0.2, -0.15) is 4.98 Å². The monoisotopic (exact) mass is 354 g/mol. The Hall–Kier alpha value is -3.29. The normalized spacial score (nSPS) is 14.1. The zero-order valence-corrected chi connectivity index (χ0v) is 13.7. The molecule has 0 spiro atoms. The van der Waals surface area contributed by atoms with Gasteiger partial charge in [-0.3, -0.25) is 9.78 Å². The number of rotatable bonds is 5. The molecule has 1 fully saturated rings. The van der Waals surface area contributed by atoms with Crippen molar-refractivity contribution in [2.24, 2.45) is 0 Å². The van der Waals surface area contributed by atoms with Crippen LogP contribution in [0.3, 0.4) is 0 Å². The molecule has 0 saturated carbocycles. The fourth-order valence-electron chi connectivity index (χ4n) is 2.61. The smallest absolute Gasteiger partial charge is 0.260 e. The first-order valence-corrected chi connectivity index (χ1v) is 8.10. The first-order valence-electron chi connectivity index (χ1n) is 8.10. The molecule has 26 heavy (non-hydrogen) atoms. The Kier molecular flexibility index (Phi) is 4.30. The standard InChI is InChI=1S/C18H15FN4O3/c19-13-4-6-14(7-5-13)25-11-16(24)23-9-12(10-23)18-21-17(22-26-18)15-3-1-2-8-20-15/h1-8,12H,9-11H2. The summed E-state index contributed by atoms with van der Waals surface area (Å²) in [5, 5.41) is 3.93. The molecule has 1 aliphatic heterocycles. The number of likely N-dealkylation sites (tertiary alicyclic amines) is 1. The highest BCUT2D eigenvalue weighted by Crippen LogP contribution is 2.27. The fraction of sp³-hybridized carbons (Fsp3) is 0.222. The molecular weight excluding hydrogens is 339 g/mol. The van der Waals surface area contributed by atoms with Crippen molar-refractivity contribution in [3.63, 3.8) is 0 Å². The van der Waals surface area contributed by atoms with Gasteiger partial charge in [0, 0.05) is 19.3 Å². The zero-order chi connectivity index (χ0) is 17.9. The number of hydrogen-bond donors (Lipinski definition) is 0. The SMILES string of the molecule is O=C(COc1ccc(F)cc1)N1CC(c2nc(-c3ccccn3)no2)C1. The van der Waals surface area contributed by atoms with Gasteiger partial charge in [0.15, 0.2) is 6.61 Å². The van der Waals surface area contributed by atoms with Gasteiger partial charge in [-0.25, -0.2) is 4.39 Å². The minimum Gasteiger partial charge on any atom is -0.484 e. The summed E-state index contributed by atoms with van der Waals surface area (Å²) in [4.78, 5) is 22.3. The Morgan fingerprint density at radius 2 is 2.04 bits per heavy atom. The van der Waals surface area contributed by atoms with E-state index in [1.807, 2.05) is 12.1 Å². The van der Waals surface area contributed by atoms with Gasteiger partial charge in [-0.15, -0.1) is 0 Å². The summed E-state index contributed by atoms with van der Waals surface area (Å²) in [5.41, 5.74) is 0.641. The van der Waals surface area contributed by atoms with E-state index in [0.717, 1.165) is 0 Å². The van der Waals surface area contributed by atoms with Crippen LogP contribution in [0, 0.1) is 5.82 Å². The van der Waals surface area contributed by atoms with Gasteiger partial charge in [-0.05, 0) is 36.4 Å². The predicted octanol–water partition coefficient (Wildman–Crippen LogP) is 2.28. The maximum Gasteiger partial charge on any atom is 0.260 e. The average molecular weight is 354 g/mol. The highest BCUT2D eigenvalue weighted by molar-refractivity contribution is 5.78. The number of ether oxygens (including phenoxy) is 1. The Labute approximate surface area is 148 Å². The van der Waals surface area contributed by atoms with Gasteiger partial charge in [0.2, 0.25) is 11.7 Å². The second-order valence-corrected chi connectivity index (χ2v) is 5.91. The van der Waals surface area contributed by atoms with Crippen LogP contribution in [0.2, 0.25) is 0 Å². The number of amides is 1. The van der Waals surface area contributed by atoms with Crippen molar-refractivity contribution < 1.29 is 18.4 Å². The minimum absolute atomic E-state index is 0.00901. The van der Waals surface area contributed by atoms with Gasteiger partial charge in [0.1, 0.15) is 17.3 Å². The highest BCUT2D eigenvalue weighted by atomic mass is 19.1. The number of benzene rings is 1. The molecule has 0 aliphatic carbocycles. The van der Waals surface area contributed by atoms with Crippen molar-refractivity contribution in [3.8, 4) is 17.3 Å². The molecule has 0 bridgehead atoms. The lowest BCUT2D eigenvalue weighted by Gasteiger charge is -2.36. The topological polar surface area (TPSA) is 81.4 Å². The van der Waals surface area contributed by atoms with Crippen LogP contribution in [0.1, 0.15) is 11.8 Å². The molecule has 0 N–H and O–H groups in total. The summed E-state index contributed by atoms with van der Waals surface area (Å²) in [7, 11) is 0. The van der Waals surface area contributed by atoms with Gasteiger partial charge in [0.05, 0.1) is 5.92 Å². The third-order valence-corrected chi connectivity index (χ3v) is 4.10. The van der Waals surface area contributed by atoms with Crippen LogP contribution in [-0.2, 0) is 4.79 Å². The van der Waals surface area contributed by atoms with Gasteiger partial charge < -0.3 is 14.2 Å². The summed E-state index contributed by atoms with van der Waals surface area (Å²) in [5.74, 6) is 0.900. The number of halogens is 1. The molecule has 2 aromatic heterocycles. The van der Waals surface area contributed by atoms with E-state index in [-0.39, 0.29) is 24.2 Å². The molecular formula is C18H15FN4O3. The summed E-state index contributed by atoms with van der Waals surface area (Å²) >= 11 is 0. The van der Waals surface area contributed by atoms with Gasteiger partial charge >= 0.3 is 0 Å². The van der Waals surface area contributed by atoms with Crippen LogP contribution in [0.5, 0.6) is 5.75 Å². The number of carbonyl (C=O) groups is 1. The van der Waals surface area contributed by atoms with Crippen molar-refractivity contribution in [3.05, 3.63) is 60.4 Å². The molecule has 1 amide bonds. The second kappa shape index (κ2) is 6.91. The van der Waals surface area contributed by atoms with Crippen LogP contribution in [0.15, 0.2) is 53.2 Å². The lowest BCUT2D eigenvalue weighted by Crippen LogP contribution is -2.50. The molecule has 1 aromatic carbocycles. The molecule has 3 aromatic rings. The molecule has 1 saturated heterocycles. The molecule has 3 heterocycles. The number of aromatic nitrogens is 3. The van der Waals surface area contributed by atoms with Crippen molar-refractivity contribution in [2.45, 2.75) is 5.92 Å². The Balaban J connectivity index is 1.29. The number of carbonyl (C=O) groups excluding carboxylic acids is 1. The summed E-state index contributed by atoms with van der Waals surface area (Å²) in [6, 6.07) is 11.0. The summed E-state index contributed by atoms with van der Waals surface area (Å²) in [6.45, 7) is 0.895. The van der Waals surface area contributed by atoms with Crippen LogP contribution >= 0.6 is 0 Å². The third kappa shape index (κ3) is 3.39. The second-order valence-electron chi connectivity index (χ2n) is 5.91. The average Bonchev–Trinajstić information content (AvgIpc) is 3.10. The number of nitrogens with zero attached hydrogens (tertiary/aromatic N) is 4. The van der Waals surface area contributed by atoms with Crippen LogP contribution in [-0.4, -0.2) is 45.6 Å². The molecule has 132 valence electrons. The maximum atomic E-state index is 12.8. The minimum atomic E-state index is -0.348. The van der Waals surface area contributed by atoms with E-state index < -0.39 is 0 Å². The zero-order valence-electron chi connectivity index (χ0n) is 13.7. The predicted molar refractivity (Wildman–Crippen MR) is 88.7 cm³/mol. The molecule has 0 radical (unpaired) electrons. The first-order chi connectivity index (χ1) is 12.7. The maximum absolute atomic E-state index is 12.8. The van der Waals surface area contributed by atoms with Gasteiger partial charge in [0.25, 0.3) is 5.91 Å². The third-order valence-electron chi connectivity index (χ3n) is 4.10. The van der Waals surface area contributed by atoms with E-state index in [1.54, 1.807) is 17.2 Å². The molecule has 4 rings (SSSR count). The van der Waals surface area contributed by atoms with E-state index in [2.05, 4.69) is 15.1 Å². The van der Waals surface area contributed by atoms with Crippen LogP contribution in [0.25, 0.3) is 11.5 Å². The lowest BCUT2D eigenvalue weighted by molar-refractivity contribution is -0.138. The molecule has 7 nitrogen and oxygen atoms in total. The van der Waals surface area contributed by atoms with Crippen molar-refractivity contribution >= 4 is 5.91 Å². The van der Waals surface area contributed by atoms with E-state index >= 15 is 0 Å². The molecule has 1 aliphatic rings. The van der Waals surface area contributed by atoms with Crippen LogP contribution < -0.4 is 4.74 Å². The van der Waals surface area contributed by atoms with E-state index in [4.69, 9.17) is 9.26 Å². The lowest BCUT2D eigenvalue weighted by atomic mass is 10.0. The molecule has 8 heteroatoms. The van der Waals surface area contributed by atoms with E-state index in [0.29, 0.717) is 36.2 Å². The molecule has 0 atom stereocenters. The Morgan fingerprint density at radius 3 is 2.77 bits per heavy atom. The van der Waals surface area contributed by atoms with Crippen molar-refractivity contribution in [1.82, 2.24) is 20.0 Å². The van der Waals surface area contributed by atoms with Crippen LogP contribution in [0.4, 0.5) is 4.39 Å².